The van der Waals surface area contributed by atoms with Crippen molar-refractivity contribution in [2.75, 3.05) is 0 Å². The fourth-order valence-corrected chi connectivity index (χ4v) is 3.00. The zero-order valence-corrected chi connectivity index (χ0v) is 13.0. The van der Waals surface area contributed by atoms with Gasteiger partial charge in [0.15, 0.2) is 0 Å². The number of hydrogen-bond acceptors (Lipinski definition) is 0. The van der Waals surface area contributed by atoms with Gasteiger partial charge >= 0.3 is 0 Å². The summed E-state index contributed by atoms with van der Waals surface area (Å²) in [7, 11) is 0. The van der Waals surface area contributed by atoms with Gasteiger partial charge in [-0.25, -0.2) is 0 Å². The molecule has 0 nitrogen and oxygen atoms in total. The molecule has 1 unspecified atom stereocenters. The van der Waals surface area contributed by atoms with Crippen LogP contribution in [-0.2, 0) is 0 Å². The van der Waals surface area contributed by atoms with Crippen molar-refractivity contribution in [1.29, 1.82) is 0 Å². The number of benzene rings is 2. The molecule has 2 aromatic carbocycles. The Balaban J connectivity index is 2.40. The molecule has 0 saturated heterocycles. The van der Waals surface area contributed by atoms with E-state index in [1.165, 1.54) is 22.3 Å². The maximum Gasteiger partial charge on any atom is 0.0647 e. The van der Waals surface area contributed by atoms with Crippen molar-refractivity contribution in [3.8, 4) is 0 Å². The van der Waals surface area contributed by atoms with Gasteiger partial charge in [-0.05, 0) is 36.6 Å². The summed E-state index contributed by atoms with van der Waals surface area (Å²) < 4.78 is 1.16. The van der Waals surface area contributed by atoms with E-state index in [0.717, 1.165) is 4.47 Å². The van der Waals surface area contributed by atoms with Crippen molar-refractivity contribution in [3.05, 3.63) is 69.2 Å². The number of alkyl halides is 1. The van der Waals surface area contributed by atoms with Gasteiger partial charge in [-0.1, -0.05) is 73.8 Å². The molecule has 2 heteroatoms. The number of aryl methyl sites for hydroxylation is 1. The number of rotatable bonds is 2. The molecule has 0 N–H and O–H groups in total. The van der Waals surface area contributed by atoms with Crippen molar-refractivity contribution in [2.45, 2.75) is 18.7 Å². The molecule has 0 aromatic heterocycles. The highest BCUT2D eigenvalue weighted by atomic mass is 79.9. The zero-order chi connectivity index (χ0) is 12.4. The SMILES string of the molecule is Cc1ccc(C(Br)c2cccc(Br)c2C)cc1. The molecule has 2 rings (SSSR count). The monoisotopic (exact) mass is 352 g/mol. The third-order valence-electron chi connectivity index (χ3n) is 2.95. The molecule has 0 aliphatic rings. The quantitative estimate of drug-likeness (QED) is 0.621. The summed E-state index contributed by atoms with van der Waals surface area (Å²) in [6, 6.07) is 15.0. The minimum Gasteiger partial charge on any atom is -0.0786 e. The summed E-state index contributed by atoms with van der Waals surface area (Å²) in [5, 5.41) is 0. The van der Waals surface area contributed by atoms with Crippen LogP contribution in [-0.4, -0.2) is 0 Å². The van der Waals surface area contributed by atoms with Crippen molar-refractivity contribution < 1.29 is 0 Å². The standard InChI is InChI=1S/C15H14Br2/c1-10-6-8-12(9-7-10)15(17)13-4-3-5-14(16)11(13)2/h3-9,15H,1-2H3. The van der Waals surface area contributed by atoms with E-state index in [2.05, 4.69) is 88.2 Å². The van der Waals surface area contributed by atoms with Gasteiger partial charge in [-0.15, -0.1) is 0 Å². The molecule has 0 spiro atoms. The Hall–Kier alpha value is -0.600. The molecular weight excluding hydrogens is 340 g/mol. The zero-order valence-electron chi connectivity index (χ0n) is 9.87. The molecular formula is C15H14Br2. The normalized spacial score (nSPS) is 12.5. The smallest absolute Gasteiger partial charge is 0.0647 e. The van der Waals surface area contributed by atoms with Crippen molar-refractivity contribution in [1.82, 2.24) is 0 Å². The minimum atomic E-state index is 0.251. The lowest BCUT2D eigenvalue weighted by atomic mass is 10.00. The van der Waals surface area contributed by atoms with E-state index in [1.54, 1.807) is 0 Å². The molecule has 0 bridgehead atoms. The lowest BCUT2D eigenvalue weighted by Gasteiger charge is -2.14. The van der Waals surface area contributed by atoms with Crippen LogP contribution in [0.3, 0.4) is 0 Å². The van der Waals surface area contributed by atoms with Crippen LogP contribution in [0.4, 0.5) is 0 Å². The lowest BCUT2D eigenvalue weighted by molar-refractivity contribution is 1.13. The van der Waals surface area contributed by atoms with E-state index < -0.39 is 0 Å². The van der Waals surface area contributed by atoms with Crippen LogP contribution in [0.1, 0.15) is 27.1 Å². The fourth-order valence-electron chi connectivity index (χ4n) is 1.81. The Morgan fingerprint density at radius 1 is 0.941 bits per heavy atom. The molecule has 17 heavy (non-hydrogen) atoms. The lowest BCUT2D eigenvalue weighted by Crippen LogP contribution is -1.96. The Morgan fingerprint density at radius 2 is 1.59 bits per heavy atom. The van der Waals surface area contributed by atoms with Gasteiger partial charge in [0, 0.05) is 4.47 Å². The predicted octanol–water partition coefficient (Wildman–Crippen LogP) is 5.55. The Bertz CT molecular complexity index is 515. The molecule has 0 aliphatic heterocycles. The average molecular weight is 354 g/mol. The Morgan fingerprint density at radius 3 is 2.24 bits per heavy atom. The third kappa shape index (κ3) is 2.80. The van der Waals surface area contributed by atoms with Crippen LogP contribution in [0.25, 0.3) is 0 Å². The van der Waals surface area contributed by atoms with Gasteiger partial charge in [0.05, 0.1) is 4.83 Å². The van der Waals surface area contributed by atoms with Crippen LogP contribution < -0.4 is 0 Å². The van der Waals surface area contributed by atoms with E-state index in [0.29, 0.717) is 0 Å². The molecule has 1 atom stereocenters. The van der Waals surface area contributed by atoms with Gasteiger partial charge in [-0.2, -0.15) is 0 Å². The summed E-state index contributed by atoms with van der Waals surface area (Å²) in [5.74, 6) is 0. The van der Waals surface area contributed by atoms with Gasteiger partial charge in [0.25, 0.3) is 0 Å². The van der Waals surface area contributed by atoms with Crippen LogP contribution in [0, 0.1) is 13.8 Å². The van der Waals surface area contributed by atoms with E-state index in [1.807, 2.05) is 0 Å². The summed E-state index contributed by atoms with van der Waals surface area (Å²) in [6.07, 6.45) is 0. The molecule has 88 valence electrons. The van der Waals surface area contributed by atoms with Gasteiger partial charge in [-0.3, -0.25) is 0 Å². The first kappa shape index (κ1) is 12.8. The molecule has 0 aliphatic carbocycles. The first-order chi connectivity index (χ1) is 8.09. The highest BCUT2D eigenvalue weighted by Crippen LogP contribution is 2.35. The number of hydrogen-bond donors (Lipinski definition) is 0. The van der Waals surface area contributed by atoms with Crippen LogP contribution in [0.2, 0.25) is 0 Å². The predicted molar refractivity (Wildman–Crippen MR) is 80.8 cm³/mol. The third-order valence-corrected chi connectivity index (χ3v) is 4.83. The second-order valence-corrected chi connectivity index (χ2v) is 6.00. The maximum absolute atomic E-state index is 3.78. The van der Waals surface area contributed by atoms with E-state index in [9.17, 15) is 0 Å². The topological polar surface area (TPSA) is 0 Å². The van der Waals surface area contributed by atoms with Crippen molar-refractivity contribution in [2.24, 2.45) is 0 Å². The Labute approximate surface area is 119 Å². The molecule has 0 heterocycles. The first-order valence-corrected chi connectivity index (χ1v) is 7.26. The van der Waals surface area contributed by atoms with Crippen molar-refractivity contribution in [3.63, 3.8) is 0 Å². The maximum atomic E-state index is 3.78. The molecule has 2 aromatic rings. The summed E-state index contributed by atoms with van der Waals surface area (Å²) >= 11 is 7.36. The van der Waals surface area contributed by atoms with Crippen LogP contribution in [0.5, 0.6) is 0 Å². The fraction of sp³-hybridized carbons (Fsp3) is 0.200. The summed E-state index contributed by atoms with van der Waals surface area (Å²) in [5.41, 5.74) is 5.18. The average Bonchev–Trinajstić information content (AvgIpc) is 2.33. The van der Waals surface area contributed by atoms with Crippen LogP contribution >= 0.6 is 31.9 Å². The van der Waals surface area contributed by atoms with E-state index in [-0.39, 0.29) is 4.83 Å². The summed E-state index contributed by atoms with van der Waals surface area (Å²) in [6.45, 7) is 4.25. The summed E-state index contributed by atoms with van der Waals surface area (Å²) in [4.78, 5) is 0.251. The van der Waals surface area contributed by atoms with E-state index in [4.69, 9.17) is 0 Å². The molecule has 0 fully saturated rings. The molecule has 0 radical (unpaired) electrons. The van der Waals surface area contributed by atoms with Gasteiger partial charge in [0.1, 0.15) is 0 Å². The largest absolute Gasteiger partial charge is 0.0786 e. The molecule has 0 saturated carbocycles. The Kier molecular flexibility index (Phi) is 4.05. The highest BCUT2D eigenvalue weighted by molar-refractivity contribution is 9.10. The molecule has 0 amide bonds. The van der Waals surface area contributed by atoms with Crippen molar-refractivity contribution >= 4 is 31.9 Å². The van der Waals surface area contributed by atoms with E-state index >= 15 is 0 Å². The van der Waals surface area contributed by atoms with Crippen LogP contribution in [0.15, 0.2) is 46.9 Å². The van der Waals surface area contributed by atoms with Gasteiger partial charge < -0.3 is 0 Å². The second kappa shape index (κ2) is 5.36. The highest BCUT2D eigenvalue weighted by Gasteiger charge is 2.13. The second-order valence-electron chi connectivity index (χ2n) is 4.23. The van der Waals surface area contributed by atoms with Gasteiger partial charge in [0.2, 0.25) is 0 Å². The first-order valence-electron chi connectivity index (χ1n) is 5.55. The number of halogens is 2. The minimum absolute atomic E-state index is 0.251.